The monoisotopic (exact) mass is 333 g/mol. The van der Waals surface area contributed by atoms with E-state index >= 15 is 0 Å². The van der Waals surface area contributed by atoms with E-state index in [1.165, 1.54) is 23.6 Å². The molecule has 0 fully saturated rings. The van der Waals surface area contributed by atoms with E-state index < -0.39 is 5.54 Å². The standard InChI is InChI=1S/C17H23N3O2S/c1-6-17(3)15(22)18-16(20(17)12(2)21)23-11-13-9-7-8-10-14(13)19(4)5/h7-10H,6,11H2,1-5H3. The Morgan fingerprint density at radius 1 is 1.35 bits per heavy atom. The molecule has 0 aromatic heterocycles. The molecule has 1 aromatic rings. The highest BCUT2D eigenvalue weighted by Crippen LogP contribution is 2.34. The van der Waals surface area contributed by atoms with Gasteiger partial charge >= 0.3 is 0 Å². The molecule has 0 saturated carbocycles. The van der Waals surface area contributed by atoms with E-state index in [4.69, 9.17) is 0 Å². The van der Waals surface area contributed by atoms with Crippen LogP contribution < -0.4 is 4.90 Å². The van der Waals surface area contributed by atoms with Crippen LogP contribution in [0, 0.1) is 0 Å². The zero-order valence-electron chi connectivity index (χ0n) is 14.3. The van der Waals surface area contributed by atoms with Gasteiger partial charge in [0.15, 0.2) is 5.17 Å². The van der Waals surface area contributed by atoms with Crippen molar-refractivity contribution in [2.45, 2.75) is 38.5 Å². The Morgan fingerprint density at radius 3 is 2.57 bits per heavy atom. The van der Waals surface area contributed by atoms with Crippen molar-refractivity contribution in [1.29, 1.82) is 0 Å². The second-order valence-electron chi connectivity index (χ2n) is 5.99. The van der Waals surface area contributed by atoms with E-state index in [9.17, 15) is 9.59 Å². The van der Waals surface area contributed by atoms with Crippen LogP contribution in [0.5, 0.6) is 0 Å². The smallest absolute Gasteiger partial charge is 0.274 e. The summed E-state index contributed by atoms with van der Waals surface area (Å²) in [4.78, 5) is 32.0. The van der Waals surface area contributed by atoms with Crippen molar-refractivity contribution in [2.24, 2.45) is 4.99 Å². The van der Waals surface area contributed by atoms with Gasteiger partial charge in [-0.25, -0.2) is 0 Å². The van der Waals surface area contributed by atoms with E-state index in [0.717, 1.165) is 11.3 Å². The lowest BCUT2D eigenvalue weighted by Crippen LogP contribution is -2.50. The number of amides is 2. The molecule has 1 aromatic carbocycles. The molecule has 0 aliphatic carbocycles. The number of aliphatic imine (C=N–C) groups is 1. The van der Waals surface area contributed by atoms with Crippen molar-refractivity contribution in [2.75, 3.05) is 19.0 Å². The highest BCUT2D eigenvalue weighted by molar-refractivity contribution is 8.13. The molecule has 2 amide bonds. The molecule has 0 spiro atoms. The number of carbonyl (C=O) groups is 2. The van der Waals surface area contributed by atoms with E-state index in [1.54, 1.807) is 6.92 Å². The summed E-state index contributed by atoms with van der Waals surface area (Å²) in [5.74, 6) is 0.273. The fourth-order valence-corrected chi connectivity index (χ4v) is 3.80. The lowest BCUT2D eigenvalue weighted by atomic mass is 9.97. The Hall–Kier alpha value is -1.82. The van der Waals surface area contributed by atoms with Crippen LogP contribution in [-0.2, 0) is 15.3 Å². The first-order valence-corrected chi connectivity index (χ1v) is 8.61. The maximum atomic E-state index is 12.2. The van der Waals surface area contributed by atoms with Crippen LogP contribution in [0.3, 0.4) is 0 Å². The number of nitrogens with zero attached hydrogens (tertiary/aromatic N) is 3. The number of rotatable bonds is 4. The molecule has 124 valence electrons. The van der Waals surface area contributed by atoms with Crippen LogP contribution in [0.1, 0.15) is 32.8 Å². The third kappa shape index (κ3) is 3.27. The number of carbonyl (C=O) groups excluding carboxylic acids is 2. The van der Waals surface area contributed by atoms with Crippen molar-refractivity contribution in [3.05, 3.63) is 29.8 Å². The van der Waals surface area contributed by atoms with Gasteiger partial charge in [0.05, 0.1) is 0 Å². The molecule has 0 saturated heterocycles. The SMILES string of the molecule is CCC1(C)C(=O)N=C(SCc2ccccc2N(C)C)N1C(C)=O. The molecule has 5 nitrogen and oxygen atoms in total. The van der Waals surface area contributed by atoms with Crippen molar-refractivity contribution >= 4 is 34.4 Å². The second-order valence-corrected chi connectivity index (χ2v) is 6.94. The summed E-state index contributed by atoms with van der Waals surface area (Å²) >= 11 is 1.43. The number of hydrogen-bond acceptors (Lipinski definition) is 4. The van der Waals surface area contributed by atoms with Crippen molar-refractivity contribution in [1.82, 2.24) is 4.90 Å². The third-order valence-corrected chi connectivity index (χ3v) is 5.16. The average Bonchev–Trinajstić information content (AvgIpc) is 2.77. The maximum Gasteiger partial charge on any atom is 0.274 e. The molecule has 1 aliphatic heterocycles. The minimum absolute atomic E-state index is 0.146. The first kappa shape index (κ1) is 17.5. The van der Waals surface area contributed by atoms with Gasteiger partial charge in [-0.15, -0.1) is 0 Å². The van der Waals surface area contributed by atoms with Crippen LogP contribution >= 0.6 is 11.8 Å². The highest BCUT2D eigenvalue weighted by Gasteiger charge is 2.47. The normalized spacial score (nSPS) is 20.7. The Bertz CT molecular complexity index is 657. The van der Waals surface area contributed by atoms with Gasteiger partial charge in [-0.1, -0.05) is 36.9 Å². The molecule has 6 heteroatoms. The fraction of sp³-hybridized carbons (Fsp3) is 0.471. The second kappa shape index (κ2) is 6.74. The minimum atomic E-state index is -0.852. The molecule has 2 rings (SSSR count). The van der Waals surface area contributed by atoms with Crippen molar-refractivity contribution < 1.29 is 9.59 Å². The molecule has 0 bridgehead atoms. The molecule has 0 radical (unpaired) electrons. The van der Waals surface area contributed by atoms with Crippen LogP contribution in [0.2, 0.25) is 0 Å². The van der Waals surface area contributed by atoms with Crippen LogP contribution in [0.25, 0.3) is 0 Å². The molecule has 23 heavy (non-hydrogen) atoms. The Labute approximate surface area is 141 Å². The van der Waals surface area contributed by atoms with Gasteiger partial charge < -0.3 is 4.90 Å². The van der Waals surface area contributed by atoms with Gasteiger partial charge in [0.1, 0.15) is 5.54 Å². The summed E-state index contributed by atoms with van der Waals surface area (Å²) in [6, 6.07) is 8.09. The van der Waals surface area contributed by atoms with E-state index in [0.29, 0.717) is 17.3 Å². The first-order valence-electron chi connectivity index (χ1n) is 7.63. The molecule has 1 unspecified atom stereocenters. The average molecular weight is 333 g/mol. The zero-order valence-corrected chi connectivity index (χ0v) is 15.1. The molecule has 1 aliphatic rings. The number of para-hydroxylation sites is 1. The Kier molecular flexibility index (Phi) is 5.14. The largest absolute Gasteiger partial charge is 0.377 e. The summed E-state index contributed by atoms with van der Waals surface area (Å²) in [6.45, 7) is 5.16. The number of hydrogen-bond donors (Lipinski definition) is 0. The zero-order chi connectivity index (χ0) is 17.2. The summed E-state index contributed by atoms with van der Waals surface area (Å²) in [6.07, 6.45) is 0.549. The summed E-state index contributed by atoms with van der Waals surface area (Å²) in [7, 11) is 3.99. The van der Waals surface area contributed by atoms with Gasteiger partial charge in [0.25, 0.3) is 5.91 Å². The molecular formula is C17H23N3O2S. The van der Waals surface area contributed by atoms with Crippen LogP contribution in [0.15, 0.2) is 29.3 Å². The van der Waals surface area contributed by atoms with Crippen molar-refractivity contribution in [3.63, 3.8) is 0 Å². The van der Waals surface area contributed by atoms with Gasteiger partial charge in [-0.2, -0.15) is 4.99 Å². The summed E-state index contributed by atoms with van der Waals surface area (Å²) in [5.41, 5.74) is 1.42. The van der Waals surface area contributed by atoms with Crippen LogP contribution in [-0.4, -0.2) is 41.5 Å². The van der Waals surface area contributed by atoms with E-state index in [1.807, 2.05) is 33.2 Å². The van der Waals surface area contributed by atoms with Crippen LogP contribution in [0.4, 0.5) is 5.69 Å². The highest BCUT2D eigenvalue weighted by atomic mass is 32.2. The molecular weight excluding hydrogens is 310 g/mol. The van der Waals surface area contributed by atoms with Crippen molar-refractivity contribution in [3.8, 4) is 0 Å². The Morgan fingerprint density at radius 2 is 2.00 bits per heavy atom. The van der Waals surface area contributed by atoms with Gasteiger partial charge in [0, 0.05) is 32.5 Å². The number of benzene rings is 1. The fourth-order valence-electron chi connectivity index (χ4n) is 2.66. The first-order chi connectivity index (χ1) is 10.8. The number of amidine groups is 1. The van der Waals surface area contributed by atoms with E-state index in [2.05, 4.69) is 22.0 Å². The quantitative estimate of drug-likeness (QED) is 0.850. The lowest BCUT2D eigenvalue weighted by Gasteiger charge is -2.31. The number of anilines is 1. The summed E-state index contributed by atoms with van der Waals surface area (Å²) in [5, 5.41) is 0.500. The maximum absolute atomic E-state index is 12.2. The topological polar surface area (TPSA) is 53.0 Å². The molecule has 1 heterocycles. The predicted octanol–water partition coefficient (Wildman–Crippen LogP) is 2.90. The summed E-state index contributed by atoms with van der Waals surface area (Å²) < 4.78 is 0. The predicted molar refractivity (Wildman–Crippen MR) is 95.7 cm³/mol. The molecule has 1 atom stereocenters. The van der Waals surface area contributed by atoms with Gasteiger partial charge in [0.2, 0.25) is 5.91 Å². The molecule has 0 N–H and O–H groups in total. The minimum Gasteiger partial charge on any atom is -0.377 e. The van der Waals surface area contributed by atoms with Gasteiger partial charge in [-0.05, 0) is 25.0 Å². The van der Waals surface area contributed by atoms with Gasteiger partial charge in [-0.3, -0.25) is 14.5 Å². The number of thioether (sulfide) groups is 1. The third-order valence-electron chi connectivity index (χ3n) is 4.18. The Balaban J connectivity index is 2.22. The van der Waals surface area contributed by atoms with E-state index in [-0.39, 0.29) is 11.8 Å². The lowest BCUT2D eigenvalue weighted by molar-refractivity contribution is -0.136.